The van der Waals surface area contributed by atoms with Crippen molar-refractivity contribution in [2.24, 2.45) is 0 Å². The molecule has 3 amide bonds. The average Bonchev–Trinajstić information content (AvgIpc) is 2.89. The molecule has 0 aliphatic carbocycles. The Morgan fingerprint density at radius 2 is 2.20 bits per heavy atom. The summed E-state index contributed by atoms with van der Waals surface area (Å²) in [5.74, 6) is -0.111. The molecule has 1 fully saturated rings. The first kappa shape index (κ1) is 15.3. The average molecular weight is 317 g/mol. The standard InChI is InChI=1S/C13H18ClN3O2S/c1-3-4-10-12(18)17(13(19)15-10)8-16(2)7-9-5-6-11(14)20-9/h5-6,10H,3-4,7-8H2,1-2H3,(H,15,19)/p+1/t10-/m1/s1. The number of carbonyl (C=O) groups is 2. The highest BCUT2D eigenvalue weighted by atomic mass is 35.5. The van der Waals surface area contributed by atoms with Gasteiger partial charge in [-0.2, -0.15) is 0 Å². The summed E-state index contributed by atoms with van der Waals surface area (Å²) < 4.78 is 0.755. The van der Waals surface area contributed by atoms with Crippen LogP contribution in [0.25, 0.3) is 0 Å². The van der Waals surface area contributed by atoms with E-state index >= 15 is 0 Å². The summed E-state index contributed by atoms with van der Waals surface area (Å²) in [7, 11) is 1.96. The molecule has 2 heterocycles. The maximum absolute atomic E-state index is 12.1. The zero-order valence-corrected chi connectivity index (χ0v) is 13.2. The van der Waals surface area contributed by atoms with Crippen LogP contribution in [0, 0.1) is 0 Å². The molecule has 1 aliphatic rings. The van der Waals surface area contributed by atoms with Gasteiger partial charge >= 0.3 is 6.03 Å². The molecule has 7 heteroatoms. The van der Waals surface area contributed by atoms with E-state index in [1.54, 1.807) is 0 Å². The maximum atomic E-state index is 12.1. The van der Waals surface area contributed by atoms with E-state index in [-0.39, 0.29) is 18.0 Å². The second-order valence-electron chi connectivity index (χ2n) is 5.05. The van der Waals surface area contributed by atoms with Crippen LogP contribution in [0.5, 0.6) is 0 Å². The van der Waals surface area contributed by atoms with Gasteiger partial charge in [0.15, 0.2) is 6.67 Å². The Hall–Kier alpha value is -1.11. The van der Waals surface area contributed by atoms with Crippen LogP contribution >= 0.6 is 22.9 Å². The molecule has 2 N–H and O–H groups in total. The number of hydrogen-bond donors (Lipinski definition) is 2. The van der Waals surface area contributed by atoms with E-state index in [9.17, 15) is 9.59 Å². The van der Waals surface area contributed by atoms with Crippen LogP contribution in [-0.2, 0) is 11.3 Å². The van der Waals surface area contributed by atoms with Gasteiger partial charge in [0.25, 0.3) is 5.91 Å². The minimum atomic E-state index is -0.350. The van der Waals surface area contributed by atoms with Crippen molar-refractivity contribution in [3.63, 3.8) is 0 Å². The Bertz CT molecular complexity index is 506. The Morgan fingerprint density at radius 1 is 1.45 bits per heavy atom. The van der Waals surface area contributed by atoms with Crippen LogP contribution < -0.4 is 10.2 Å². The molecule has 1 aromatic rings. The van der Waals surface area contributed by atoms with E-state index in [1.807, 2.05) is 26.1 Å². The molecule has 2 rings (SSSR count). The van der Waals surface area contributed by atoms with E-state index in [2.05, 4.69) is 5.32 Å². The van der Waals surface area contributed by atoms with E-state index < -0.39 is 0 Å². The third-order valence-corrected chi connectivity index (χ3v) is 4.45. The number of carbonyl (C=O) groups excluding carboxylic acids is 2. The van der Waals surface area contributed by atoms with Crippen molar-refractivity contribution < 1.29 is 14.5 Å². The predicted molar refractivity (Wildman–Crippen MR) is 78.9 cm³/mol. The van der Waals surface area contributed by atoms with Gasteiger partial charge in [-0.1, -0.05) is 24.9 Å². The van der Waals surface area contributed by atoms with E-state index in [4.69, 9.17) is 11.6 Å². The molecular formula is C13H19ClN3O2S+. The normalized spacial score (nSPS) is 20.4. The van der Waals surface area contributed by atoms with E-state index in [0.29, 0.717) is 13.1 Å². The van der Waals surface area contributed by atoms with Gasteiger partial charge in [0, 0.05) is 0 Å². The van der Waals surface area contributed by atoms with Gasteiger partial charge in [-0.05, 0) is 18.6 Å². The first-order valence-electron chi connectivity index (χ1n) is 6.68. The lowest BCUT2D eigenvalue weighted by Crippen LogP contribution is -3.09. The summed E-state index contributed by atoms with van der Waals surface area (Å²) in [4.78, 5) is 27.5. The zero-order valence-electron chi connectivity index (χ0n) is 11.6. The molecule has 1 aromatic heterocycles. The molecule has 20 heavy (non-hydrogen) atoms. The van der Waals surface area contributed by atoms with Gasteiger partial charge in [-0.25, -0.2) is 9.69 Å². The number of urea groups is 1. The summed E-state index contributed by atoms with van der Waals surface area (Å²) in [5, 5.41) is 2.73. The molecule has 110 valence electrons. The summed E-state index contributed by atoms with van der Waals surface area (Å²) >= 11 is 7.42. The number of thiophene rings is 1. The zero-order chi connectivity index (χ0) is 14.7. The summed E-state index contributed by atoms with van der Waals surface area (Å²) in [6.07, 6.45) is 1.57. The maximum Gasteiger partial charge on any atom is 0.329 e. The molecule has 1 unspecified atom stereocenters. The van der Waals surface area contributed by atoms with Crippen molar-refractivity contribution in [1.82, 2.24) is 10.2 Å². The Morgan fingerprint density at radius 3 is 2.80 bits per heavy atom. The highest BCUT2D eigenvalue weighted by Crippen LogP contribution is 2.20. The van der Waals surface area contributed by atoms with Gasteiger partial charge in [0.2, 0.25) is 0 Å². The lowest BCUT2D eigenvalue weighted by molar-refractivity contribution is -0.900. The molecule has 0 aromatic carbocycles. The van der Waals surface area contributed by atoms with Gasteiger partial charge in [-0.3, -0.25) is 4.79 Å². The van der Waals surface area contributed by atoms with Crippen LogP contribution in [0.4, 0.5) is 4.79 Å². The Labute approximate surface area is 127 Å². The molecule has 2 atom stereocenters. The van der Waals surface area contributed by atoms with Crippen molar-refractivity contribution in [1.29, 1.82) is 0 Å². The van der Waals surface area contributed by atoms with Crippen LogP contribution in [0.3, 0.4) is 0 Å². The Balaban J connectivity index is 1.92. The number of nitrogens with zero attached hydrogens (tertiary/aromatic N) is 1. The highest BCUT2D eigenvalue weighted by molar-refractivity contribution is 7.16. The molecule has 0 bridgehead atoms. The lowest BCUT2D eigenvalue weighted by atomic mass is 10.2. The number of rotatable bonds is 6. The van der Waals surface area contributed by atoms with Gasteiger partial charge in [0.05, 0.1) is 16.3 Å². The second kappa shape index (κ2) is 6.56. The quantitative estimate of drug-likeness (QED) is 0.772. The number of halogens is 1. The first-order valence-corrected chi connectivity index (χ1v) is 7.88. The lowest BCUT2D eigenvalue weighted by Gasteiger charge is -2.18. The van der Waals surface area contributed by atoms with Crippen molar-refractivity contribution >= 4 is 34.9 Å². The fourth-order valence-corrected chi connectivity index (χ4v) is 3.48. The third kappa shape index (κ3) is 3.50. The minimum Gasteiger partial charge on any atom is -0.326 e. The fraction of sp³-hybridized carbons (Fsp3) is 0.538. The van der Waals surface area contributed by atoms with E-state index in [1.165, 1.54) is 16.2 Å². The number of imide groups is 1. The van der Waals surface area contributed by atoms with Gasteiger partial charge < -0.3 is 10.2 Å². The monoisotopic (exact) mass is 316 g/mol. The second-order valence-corrected chi connectivity index (χ2v) is 6.85. The molecule has 0 saturated carbocycles. The predicted octanol–water partition coefficient (Wildman–Crippen LogP) is 1.09. The van der Waals surface area contributed by atoms with Crippen molar-refractivity contribution in [2.75, 3.05) is 13.7 Å². The molecule has 0 spiro atoms. The molecule has 0 radical (unpaired) electrons. The highest BCUT2D eigenvalue weighted by Gasteiger charge is 2.38. The topological polar surface area (TPSA) is 53.9 Å². The van der Waals surface area contributed by atoms with E-state index in [0.717, 1.165) is 27.1 Å². The summed E-state index contributed by atoms with van der Waals surface area (Å²) in [6.45, 7) is 3.12. The third-order valence-electron chi connectivity index (χ3n) is 3.22. The number of nitrogens with one attached hydrogen (secondary N) is 2. The van der Waals surface area contributed by atoms with Crippen LogP contribution in [0.15, 0.2) is 12.1 Å². The summed E-state index contributed by atoms with van der Waals surface area (Å²) in [6, 6.07) is 3.20. The molecular weight excluding hydrogens is 298 g/mol. The fourth-order valence-electron chi connectivity index (χ4n) is 2.28. The SMILES string of the molecule is CCC[C@H]1NC(=O)N(C[NH+](C)Cc2ccc(Cl)s2)C1=O. The Kier molecular flexibility index (Phi) is 5.01. The van der Waals surface area contributed by atoms with Crippen molar-refractivity contribution in [3.8, 4) is 0 Å². The van der Waals surface area contributed by atoms with Gasteiger partial charge in [-0.15, -0.1) is 11.3 Å². The summed E-state index contributed by atoms with van der Waals surface area (Å²) in [5.41, 5.74) is 0. The van der Waals surface area contributed by atoms with Crippen molar-refractivity contribution in [2.45, 2.75) is 32.4 Å². The van der Waals surface area contributed by atoms with Crippen LogP contribution in [0.2, 0.25) is 4.34 Å². The number of hydrogen-bond acceptors (Lipinski definition) is 3. The van der Waals surface area contributed by atoms with Crippen molar-refractivity contribution in [3.05, 3.63) is 21.3 Å². The minimum absolute atomic E-state index is 0.111. The van der Waals surface area contributed by atoms with Crippen LogP contribution in [-0.4, -0.2) is 36.6 Å². The largest absolute Gasteiger partial charge is 0.329 e. The molecule has 1 saturated heterocycles. The van der Waals surface area contributed by atoms with Crippen LogP contribution in [0.1, 0.15) is 24.6 Å². The smallest absolute Gasteiger partial charge is 0.326 e. The molecule has 5 nitrogen and oxygen atoms in total. The van der Waals surface area contributed by atoms with Gasteiger partial charge in [0.1, 0.15) is 12.6 Å². The number of amides is 3. The molecule has 1 aliphatic heterocycles. The number of quaternary nitrogens is 1. The first-order chi connectivity index (χ1) is 9.51.